The lowest BCUT2D eigenvalue weighted by atomic mass is 10.1. The molecule has 1 aromatic heterocycles. The first kappa shape index (κ1) is 14.5. The number of nitrogens with zero attached hydrogens (tertiary/aromatic N) is 2. The van der Waals surface area contributed by atoms with E-state index in [2.05, 4.69) is 22.0 Å². The molecule has 2 fully saturated rings. The van der Waals surface area contributed by atoms with Crippen LogP contribution in [0.3, 0.4) is 0 Å². The Morgan fingerprint density at radius 2 is 1.96 bits per heavy atom. The molecule has 4 heteroatoms. The zero-order valence-corrected chi connectivity index (χ0v) is 13.9. The monoisotopic (exact) mass is 310 g/mol. The number of piperidine rings is 1. The maximum Gasteiger partial charge on any atom is 0.339 e. The van der Waals surface area contributed by atoms with Crippen LogP contribution in [-0.2, 0) is 4.74 Å². The number of esters is 1. The van der Waals surface area contributed by atoms with E-state index in [1.165, 1.54) is 12.1 Å². The van der Waals surface area contributed by atoms with Crippen LogP contribution in [0.5, 0.6) is 0 Å². The van der Waals surface area contributed by atoms with E-state index in [0.29, 0.717) is 5.56 Å². The van der Waals surface area contributed by atoms with Crippen molar-refractivity contribution in [1.29, 1.82) is 0 Å². The maximum atomic E-state index is 12.5. The molecular formula is C19H22N2O2. The molecule has 0 bridgehead atoms. The predicted molar refractivity (Wildman–Crippen MR) is 90.7 cm³/mol. The first-order valence-electron chi connectivity index (χ1n) is 8.28. The molecule has 1 aliphatic heterocycles. The molecule has 23 heavy (non-hydrogen) atoms. The Morgan fingerprint density at radius 3 is 2.65 bits per heavy atom. The zero-order chi connectivity index (χ0) is 16.2. The van der Waals surface area contributed by atoms with Gasteiger partial charge in [0.25, 0.3) is 0 Å². The predicted octanol–water partition coefficient (Wildman–Crippen LogP) is 3.65. The van der Waals surface area contributed by atoms with Crippen molar-refractivity contribution in [3.63, 3.8) is 0 Å². The van der Waals surface area contributed by atoms with Gasteiger partial charge in [-0.25, -0.2) is 4.79 Å². The first-order valence-corrected chi connectivity index (χ1v) is 8.28. The molecule has 0 radical (unpaired) electrons. The first-order chi connectivity index (χ1) is 10.9. The zero-order valence-electron chi connectivity index (χ0n) is 13.9. The molecule has 2 unspecified atom stereocenters. The molecule has 0 amide bonds. The number of ether oxygens (including phenoxy) is 1. The average Bonchev–Trinajstić information content (AvgIpc) is 3.10. The normalized spacial score (nSPS) is 23.0. The summed E-state index contributed by atoms with van der Waals surface area (Å²) in [5, 5.41) is 0.875. The number of rotatable bonds is 2. The minimum Gasteiger partial charge on any atom is -0.456 e. The van der Waals surface area contributed by atoms with Gasteiger partial charge in [0.2, 0.25) is 0 Å². The van der Waals surface area contributed by atoms with E-state index >= 15 is 0 Å². The fraction of sp³-hybridized carbons (Fsp3) is 0.474. The average molecular weight is 310 g/mol. The molecule has 0 N–H and O–H groups in total. The van der Waals surface area contributed by atoms with Crippen LogP contribution < -0.4 is 4.90 Å². The molecule has 2 aromatic rings. The highest BCUT2D eigenvalue weighted by molar-refractivity contribution is 6.04. The van der Waals surface area contributed by atoms with Crippen molar-refractivity contribution in [3.8, 4) is 0 Å². The Hall–Kier alpha value is -2.10. The summed E-state index contributed by atoms with van der Waals surface area (Å²) in [4.78, 5) is 19.3. The van der Waals surface area contributed by atoms with Crippen molar-refractivity contribution in [2.45, 2.75) is 32.8 Å². The molecule has 1 saturated heterocycles. The summed E-state index contributed by atoms with van der Waals surface area (Å²) >= 11 is 0. The molecule has 4 rings (SSSR count). The summed E-state index contributed by atoms with van der Waals surface area (Å²) in [5.74, 6) is 1.47. The smallest absolute Gasteiger partial charge is 0.339 e. The van der Waals surface area contributed by atoms with Gasteiger partial charge in [-0.3, -0.25) is 4.98 Å². The fourth-order valence-electron chi connectivity index (χ4n) is 3.45. The molecule has 1 saturated carbocycles. The highest BCUT2D eigenvalue weighted by atomic mass is 16.6. The number of pyridine rings is 1. The number of carbonyl (C=O) groups excluding carboxylic acids is 1. The summed E-state index contributed by atoms with van der Waals surface area (Å²) in [6.07, 6.45) is 3.06. The number of aromatic nitrogens is 1. The number of carbonyl (C=O) groups is 1. The highest BCUT2D eigenvalue weighted by Gasteiger charge is 2.45. The number of benzene rings is 1. The van der Waals surface area contributed by atoms with Gasteiger partial charge in [-0.2, -0.15) is 0 Å². The molecule has 1 aliphatic carbocycles. The SMILES string of the molecule is CC(C)(C)OC(=O)c1ccnc2ccc(N3CC4CC4C3)cc12. The van der Waals surface area contributed by atoms with Crippen LogP contribution in [-0.4, -0.2) is 29.6 Å². The van der Waals surface area contributed by atoms with E-state index in [9.17, 15) is 4.79 Å². The van der Waals surface area contributed by atoms with Crippen molar-refractivity contribution in [3.05, 3.63) is 36.0 Å². The number of hydrogen-bond acceptors (Lipinski definition) is 4. The molecule has 1 aromatic carbocycles. The Bertz CT molecular complexity index is 769. The van der Waals surface area contributed by atoms with Crippen molar-refractivity contribution < 1.29 is 9.53 Å². The second kappa shape index (κ2) is 4.95. The van der Waals surface area contributed by atoms with Gasteiger partial charge in [0, 0.05) is 30.4 Å². The van der Waals surface area contributed by atoms with Gasteiger partial charge in [0.05, 0.1) is 11.1 Å². The Labute approximate surface area is 136 Å². The van der Waals surface area contributed by atoms with Crippen molar-refractivity contribution in [2.75, 3.05) is 18.0 Å². The van der Waals surface area contributed by atoms with Gasteiger partial charge in [-0.15, -0.1) is 0 Å². The lowest BCUT2D eigenvalue weighted by Crippen LogP contribution is -2.24. The van der Waals surface area contributed by atoms with Crippen LogP contribution in [0.15, 0.2) is 30.5 Å². The van der Waals surface area contributed by atoms with E-state index in [-0.39, 0.29) is 5.97 Å². The van der Waals surface area contributed by atoms with Crippen molar-refractivity contribution >= 4 is 22.6 Å². The lowest BCUT2D eigenvalue weighted by molar-refractivity contribution is 0.00718. The van der Waals surface area contributed by atoms with Gasteiger partial charge < -0.3 is 9.64 Å². The molecule has 2 aliphatic rings. The second-order valence-electron chi connectivity index (χ2n) is 7.72. The molecule has 120 valence electrons. The highest BCUT2D eigenvalue weighted by Crippen LogP contribution is 2.46. The third-order valence-corrected chi connectivity index (χ3v) is 4.69. The topological polar surface area (TPSA) is 42.4 Å². The number of fused-ring (bicyclic) bond motifs is 2. The summed E-state index contributed by atoms with van der Waals surface area (Å²) in [6.45, 7) is 7.93. The third-order valence-electron chi connectivity index (χ3n) is 4.69. The quantitative estimate of drug-likeness (QED) is 0.794. The van der Waals surface area contributed by atoms with Gasteiger partial charge in [-0.05, 0) is 63.3 Å². The molecule has 2 atom stereocenters. The molecule has 4 nitrogen and oxygen atoms in total. The van der Waals surface area contributed by atoms with Crippen molar-refractivity contribution in [2.24, 2.45) is 11.8 Å². The minimum atomic E-state index is -0.499. The van der Waals surface area contributed by atoms with E-state index in [1.807, 2.05) is 26.8 Å². The fourth-order valence-corrected chi connectivity index (χ4v) is 3.45. The van der Waals surface area contributed by atoms with Gasteiger partial charge in [0.1, 0.15) is 5.60 Å². The summed E-state index contributed by atoms with van der Waals surface area (Å²) in [6, 6.07) is 7.95. The van der Waals surface area contributed by atoms with Crippen LogP contribution in [0.4, 0.5) is 5.69 Å². The van der Waals surface area contributed by atoms with E-state index in [4.69, 9.17) is 4.74 Å². The van der Waals surface area contributed by atoms with Crippen LogP contribution in [0.2, 0.25) is 0 Å². The Morgan fingerprint density at radius 1 is 1.22 bits per heavy atom. The summed E-state index contributed by atoms with van der Waals surface area (Å²) < 4.78 is 5.54. The van der Waals surface area contributed by atoms with Gasteiger partial charge in [0.15, 0.2) is 0 Å². The van der Waals surface area contributed by atoms with Crippen LogP contribution in [0, 0.1) is 11.8 Å². The van der Waals surface area contributed by atoms with Crippen LogP contribution >= 0.6 is 0 Å². The third kappa shape index (κ3) is 2.78. The second-order valence-corrected chi connectivity index (χ2v) is 7.72. The van der Waals surface area contributed by atoms with Gasteiger partial charge in [-0.1, -0.05) is 0 Å². The van der Waals surface area contributed by atoms with Crippen LogP contribution in [0.25, 0.3) is 10.9 Å². The van der Waals surface area contributed by atoms with Gasteiger partial charge >= 0.3 is 5.97 Å². The summed E-state index contributed by atoms with van der Waals surface area (Å²) in [5.41, 5.74) is 2.11. The molecule has 2 heterocycles. The largest absolute Gasteiger partial charge is 0.456 e. The van der Waals surface area contributed by atoms with Crippen LogP contribution in [0.1, 0.15) is 37.6 Å². The minimum absolute atomic E-state index is 0.286. The van der Waals surface area contributed by atoms with E-state index in [0.717, 1.165) is 35.8 Å². The molecule has 0 spiro atoms. The Balaban J connectivity index is 1.71. The number of anilines is 1. The van der Waals surface area contributed by atoms with E-state index in [1.54, 1.807) is 12.3 Å². The summed E-state index contributed by atoms with van der Waals surface area (Å²) in [7, 11) is 0. The van der Waals surface area contributed by atoms with E-state index < -0.39 is 5.60 Å². The maximum absolute atomic E-state index is 12.5. The molecular weight excluding hydrogens is 288 g/mol. The van der Waals surface area contributed by atoms with Crippen molar-refractivity contribution in [1.82, 2.24) is 4.98 Å². The standard InChI is InChI=1S/C19H22N2O2/c1-19(2,3)23-18(22)15-6-7-20-17-5-4-14(9-16(15)17)21-10-12-8-13(12)11-21/h4-7,9,12-13H,8,10-11H2,1-3H3. The lowest BCUT2D eigenvalue weighted by Gasteiger charge is -2.22. The number of hydrogen-bond donors (Lipinski definition) is 0. The Kier molecular flexibility index (Phi) is 3.12.